The molecule has 172 valence electrons. The molecule has 1 N–H and O–H groups in total. The summed E-state index contributed by atoms with van der Waals surface area (Å²) in [5.41, 5.74) is 3.51. The zero-order valence-electron chi connectivity index (χ0n) is 18.4. The second-order valence-corrected chi connectivity index (χ2v) is 8.67. The van der Waals surface area contributed by atoms with E-state index in [2.05, 4.69) is 20.3 Å². The second kappa shape index (κ2) is 9.29. The van der Waals surface area contributed by atoms with Crippen LogP contribution in [0, 0.1) is 6.92 Å². The average Bonchev–Trinajstić information content (AvgIpc) is 2.84. The Bertz CT molecular complexity index is 1630. The number of carbonyl (C=O) groups is 1. The molecule has 9 heteroatoms. The third-order valence-electron chi connectivity index (χ3n) is 5.27. The number of rotatable bonds is 4. The SMILES string of the molecule is Cc1ccc2nc(-c3cccnc3)c(=O)n(-c3cccc(NC(=O)c4cc(Cl)cc(Cl)c4)c3)c2n1. The van der Waals surface area contributed by atoms with Crippen molar-refractivity contribution in [2.45, 2.75) is 6.92 Å². The Balaban J connectivity index is 1.63. The number of nitrogens with one attached hydrogen (secondary N) is 1. The van der Waals surface area contributed by atoms with E-state index in [4.69, 9.17) is 23.2 Å². The normalized spacial score (nSPS) is 10.9. The summed E-state index contributed by atoms with van der Waals surface area (Å²) in [6, 6.07) is 18.7. The summed E-state index contributed by atoms with van der Waals surface area (Å²) < 4.78 is 1.49. The van der Waals surface area contributed by atoms with Crippen LogP contribution >= 0.6 is 23.2 Å². The van der Waals surface area contributed by atoms with Crippen molar-refractivity contribution in [3.8, 4) is 16.9 Å². The van der Waals surface area contributed by atoms with Crippen LogP contribution in [0.1, 0.15) is 16.1 Å². The van der Waals surface area contributed by atoms with Crippen LogP contribution in [0.2, 0.25) is 10.0 Å². The first-order valence-electron chi connectivity index (χ1n) is 10.6. The molecule has 0 saturated carbocycles. The van der Waals surface area contributed by atoms with Gasteiger partial charge in [0.1, 0.15) is 11.2 Å². The maximum absolute atomic E-state index is 13.6. The molecule has 0 unspecified atom stereocenters. The van der Waals surface area contributed by atoms with Crippen molar-refractivity contribution in [3.05, 3.63) is 111 Å². The van der Waals surface area contributed by atoms with Crippen molar-refractivity contribution in [1.82, 2.24) is 19.5 Å². The molecule has 0 aliphatic rings. The lowest BCUT2D eigenvalue weighted by Crippen LogP contribution is -2.23. The smallest absolute Gasteiger partial charge is 0.283 e. The van der Waals surface area contributed by atoms with E-state index in [0.717, 1.165) is 5.69 Å². The van der Waals surface area contributed by atoms with Crippen LogP contribution in [0.5, 0.6) is 0 Å². The lowest BCUT2D eigenvalue weighted by molar-refractivity contribution is 0.102. The van der Waals surface area contributed by atoms with Gasteiger partial charge in [0.05, 0.1) is 5.69 Å². The van der Waals surface area contributed by atoms with Gasteiger partial charge in [0.25, 0.3) is 11.5 Å². The van der Waals surface area contributed by atoms with E-state index < -0.39 is 0 Å². The molecule has 1 amide bonds. The largest absolute Gasteiger partial charge is 0.322 e. The Morgan fingerprint density at radius 2 is 1.74 bits per heavy atom. The monoisotopic (exact) mass is 501 g/mol. The number of hydrogen-bond acceptors (Lipinski definition) is 5. The molecule has 0 atom stereocenters. The number of nitrogens with zero attached hydrogens (tertiary/aromatic N) is 4. The number of aromatic nitrogens is 4. The maximum atomic E-state index is 13.6. The minimum Gasteiger partial charge on any atom is -0.322 e. The zero-order chi connectivity index (χ0) is 24.5. The molecule has 5 aromatic rings. The van der Waals surface area contributed by atoms with Gasteiger partial charge in [-0.2, -0.15) is 0 Å². The fourth-order valence-electron chi connectivity index (χ4n) is 3.70. The summed E-state index contributed by atoms with van der Waals surface area (Å²) >= 11 is 12.1. The highest BCUT2D eigenvalue weighted by Gasteiger charge is 2.16. The van der Waals surface area contributed by atoms with Crippen molar-refractivity contribution in [1.29, 1.82) is 0 Å². The number of anilines is 1. The number of amides is 1. The van der Waals surface area contributed by atoms with Gasteiger partial charge in [-0.3, -0.25) is 19.1 Å². The van der Waals surface area contributed by atoms with Crippen LogP contribution in [0.15, 0.2) is 83.9 Å². The predicted octanol–water partition coefficient (Wildman–Crippen LogP) is 5.71. The number of benzene rings is 2. The minimum atomic E-state index is -0.386. The Morgan fingerprint density at radius 3 is 2.49 bits per heavy atom. The fourth-order valence-corrected chi connectivity index (χ4v) is 4.23. The standard InChI is InChI=1S/C26H17Cl2N5O2/c1-15-7-8-22-24(30-15)33(26(35)23(32-22)16-4-3-9-29-14-16)21-6-2-5-20(13-21)31-25(34)17-10-18(27)12-19(28)11-17/h2-14H,1H3,(H,31,34). The summed E-state index contributed by atoms with van der Waals surface area (Å²) in [7, 11) is 0. The van der Waals surface area contributed by atoms with Gasteiger partial charge >= 0.3 is 0 Å². The van der Waals surface area contributed by atoms with E-state index in [1.807, 2.05) is 19.1 Å². The molecular formula is C26H17Cl2N5O2. The molecule has 3 aromatic heterocycles. The van der Waals surface area contributed by atoms with E-state index in [-0.39, 0.29) is 17.2 Å². The number of pyridine rings is 2. The summed E-state index contributed by atoms with van der Waals surface area (Å²) in [5.74, 6) is -0.386. The molecule has 0 radical (unpaired) electrons. The van der Waals surface area contributed by atoms with Gasteiger partial charge in [0.2, 0.25) is 0 Å². The minimum absolute atomic E-state index is 0.249. The van der Waals surface area contributed by atoms with Gasteiger partial charge in [0.15, 0.2) is 5.65 Å². The van der Waals surface area contributed by atoms with Gasteiger partial charge in [0, 0.05) is 44.9 Å². The zero-order valence-corrected chi connectivity index (χ0v) is 19.9. The highest BCUT2D eigenvalue weighted by molar-refractivity contribution is 6.35. The first-order valence-corrected chi connectivity index (χ1v) is 11.3. The topological polar surface area (TPSA) is 89.8 Å². The van der Waals surface area contributed by atoms with Crippen LogP contribution in [-0.2, 0) is 0 Å². The van der Waals surface area contributed by atoms with Gasteiger partial charge < -0.3 is 5.32 Å². The first kappa shape index (κ1) is 22.7. The molecule has 35 heavy (non-hydrogen) atoms. The summed E-state index contributed by atoms with van der Waals surface area (Å²) in [6.07, 6.45) is 3.22. The molecule has 5 rings (SSSR count). The molecule has 2 aromatic carbocycles. The van der Waals surface area contributed by atoms with Gasteiger partial charge in [-0.1, -0.05) is 29.3 Å². The quantitative estimate of drug-likeness (QED) is 0.340. The maximum Gasteiger partial charge on any atom is 0.283 e. The highest BCUT2D eigenvalue weighted by atomic mass is 35.5. The van der Waals surface area contributed by atoms with Crippen molar-refractivity contribution in [2.75, 3.05) is 5.32 Å². The molecule has 0 aliphatic heterocycles. The molecule has 0 aliphatic carbocycles. The van der Waals surface area contributed by atoms with Crippen molar-refractivity contribution in [3.63, 3.8) is 0 Å². The molecule has 0 fully saturated rings. The number of aryl methyl sites for hydroxylation is 1. The first-order chi connectivity index (χ1) is 16.9. The Hall–Kier alpha value is -4.07. The van der Waals surface area contributed by atoms with Crippen LogP contribution in [-0.4, -0.2) is 25.4 Å². The van der Waals surface area contributed by atoms with Gasteiger partial charge in [-0.05, 0) is 67.6 Å². The number of hydrogen-bond donors (Lipinski definition) is 1. The molecule has 0 spiro atoms. The summed E-state index contributed by atoms with van der Waals surface area (Å²) in [4.78, 5) is 39.7. The van der Waals surface area contributed by atoms with E-state index in [1.165, 1.54) is 16.7 Å². The Labute approximate surface area is 210 Å². The number of fused-ring (bicyclic) bond motifs is 1. The molecule has 3 heterocycles. The number of carbonyl (C=O) groups excluding carboxylic acids is 1. The Kier molecular flexibility index (Phi) is 6.03. The number of halogens is 2. The second-order valence-electron chi connectivity index (χ2n) is 7.80. The van der Waals surface area contributed by atoms with E-state index >= 15 is 0 Å². The van der Waals surface area contributed by atoms with Gasteiger partial charge in [-0.25, -0.2) is 9.97 Å². The lowest BCUT2D eigenvalue weighted by Gasteiger charge is -2.14. The average molecular weight is 502 g/mol. The molecular weight excluding hydrogens is 485 g/mol. The molecule has 0 saturated heterocycles. The van der Waals surface area contributed by atoms with E-state index in [0.29, 0.717) is 43.7 Å². The third-order valence-corrected chi connectivity index (χ3v) is 5.70. The third kappa shape index (κ3) is 4.64. The van der Waals surface area contributed by atoms with Crippen LogP contribution in [0.4, 0.5) is 5.69 Å². The van der Waals surface area contributed by atoms with E-state index in [1.54, 1.807) is 54.9 Å². The van der Waals surface area contributed by atoms with Crippen LogP contribution in [0.3, 0.4) is 0 Å². The summed E-state index contributed by atoms with van der Waals surface area (Å²) in [5, 5.41) is 3.54. The van der Waals surface area contributed by atoms with Gasteiger partial charge in [-0.15, -0.1) is 0 Å². The highest BCUT2D eigenvalue weighted by Crippen LogP contribution is 2.23. The van der Waals surface area contributed by atoms with Crippen molar-refractivity contribution in [2.24, 2.45) is 0 Å². The molecule has 0 bridgehead atoms. The Morgan fingerprint density at radius 1 is 0.943 bits per heavy atom. The summed E-state index contributed by atoms with van der Waals surface area (Å²) in [6.45, 7) is 1.84. The molecule has 7 nitrogen and oxygen atoms in total. The lowest BCUT2D eigenvalue weighted by atomic mass is 10.2. The predicted molar refractivity (Wildman–Crippen MR) is 138 cm³/mol. The van der Waals surface area contributed by atoms with Crippen molar-refractivity contribution >= 4 is 46.0 Å². The van der Waals surface area contributed by atoms with Crippen molar-refractivity contribution < 1.29 is 4.79 Å². The van der Waals surface area contributed by atoms with Crippen LogP contribution in [0.25, 0.3) is 28.1 Å². The van der Waals surface area contributed by atoms with E-state index in [9.17, 15) is 9.59 Å². The fraction of sp³-hybridized carbons (Fsp3) is 0.0385. The van der Waals surface area contributed by atoms with Crippen LogP contribution < -0.4 is 10.9 Å².